The number of benzene rings is 2. The Bertz CT molecular complexity index is 669. The van der Waals surface area contributed by atoms with Gasteiger partial charge in [0.15, 0.2) is 0 Å². The van der Waals surface area contributed by atoms with Crippen molar-refractivity contribution in [3.8, 4) is 0 Å². The van der Waals surface area contributed by atoms with E-state index in [9.17, 15) is 9.18 Å². The van der Waals surface area contributed by atoms with Crippen LogP contribution in [0.1, 0.15) is 33.1 Å². The Morgan fingerprint density at radius 3 is 2.75 bits per heavy atom. The van der Waals surface area contributed by atoms with Crippen LogP contribution in [0.5, 0.6) is 0 Å². The molecule has 1 amide bonds. The fraction of sp³-hybridized carbons (Fsp3) is 0.188. The van der Waals surface area contributed by atoms with E-state index in [4.69, 9.17) is 5.73 Å². The molecule has 20 heavy (non-hydrogen) atoms. The van der Waals surface area contributed by atoms with Crippen LogP contribution in [-0.2, 0) is 6.42 Å². The lowest BCUT2D eigenvalue weighted by molar-refractivity contribution is 0.0946. The number of nitrogens with two attached hydrogens (primary N) is 1. The fourth-order valence-corrected chi connectivity index (χ4v) is 2.52. The van der Waals surface area contributed by atoms with E-state index >= 15 is 0 Å². The molecule has 2 aromatic carbocycles. The van der Waals surface area contributed by atoms with E-state index in [1.54, 1.807) is 18.2 Å². The smallest absolute Gasteiger partial charge is 0.251 e. The summed E-state index contributed by atoms with van der Waals surface area (Å²) < 4.78 is 13.3. The van der Waals surface area contributed by atoms with Gasteiger partial charge in [0.25, 0.3) is 5.91 Å². The van der Waals surface area contributed by atoms with Crippen LogP contribution in [0.3, 0.4) is 0 Å². The molecule has 1 aliphatic rings. The van der Waals surface area contributed by atoms with Crippen molar-refractivity contribution in [1.29, 1.82) is 0 Å². The molecule has 3 nitrogen and oxygen atoms in total. The number of fused-ring (bicyclic) bond motifs is 1. The van der Waals surface area contributed by atoms with Crippen molar-refractivity contribution < 1.29 is 9.18 Å². The Labute approximate surface area is 116 Å². The van der Waals surface area contributed by atoms with Crippen molar-refractivity contribution in [3.05, 3.63) is 70.5 Å². The lowest BCUT2D eigenvalue weighted by atomic mass is 9.93. The molecule has 1 heterocycles. The summed E-state index contributed by atoms with van der Waals surface area (Å²) in [5, 5.41) is 2.81. The molecule has 0 aliphatic carbocycles. The minimum Gasteiger partial charge on any atom is -0.352 e. The first kappa shape index (κ1) is 12.8. The van der Waals surface area contributed by atoms with Crippen molar-refractivity contribution in [2.24, 2.45) is 5.73 Å². The number of halogens is 1. The third-order valence-corrected chi connectivity index (χ3v) is 3.63. The number of hydrogen-bond acceptors (Lipinski definition) is 2. The van der Waals surface area contributed by atoms with Crippen molar-refractivity contribution in [1.82, 2.24) is 5.32 Å². The summed E-state index contributed by atoms with van der Waals surface area (Å²) in [6, 6.07) is 11.4. The Morgan fingerprint density at radius 2 is 1.95 bits per heavy atom. The number of rotatable bonds is 2. The topological polar surface area (TPSA) is 55.1 Å². The molecule has 0 saturated carbocycles. The Morgan fingerprint density at radius 1 is 1.15 bits per heavy atom. The zero-order chi connectivity index (χ0) is 14.1. The molecule has 0 radical (unpaired) electrons. The lowest BCUT2D eigenvalue weighted by Crippen LogP contribution is -2.32. The predicted octanol–water partition coefficient (Wildman–Crippen LogP) is 2.16. The van der Waals surface area contributed by atoms with Gasteiger partial charge in [-0.15, -0.1) is 0 Å². The van der Waals surface area contributed by atoms with Gasteiger partial charge in [0.05, 0.1) is 6.04 Å². The number of hydrogen-bond donors (Lipinski definition) is 2. The quantitative estimate of drug-likeness (QED) is 0.878. The highest BCUT2D eigenvalue weighted by Gasteiger charge is 2.19. The summed E-state index contributed by atoms with van der Waals surface area (Å²) in [4.78, 5) is 11.8. The highest BCUT2D eigenvalue weighted by Crippen LogP contribution is 2.24. The van der Waals surface area contributed by atoms with Crippen LogP contribution in [-0.4, -0.2) is 12.5 Å². The molecule has 0 saturated heterocycles. The Balaban J connectivity index is 1.98. The number of amides is 1. The van der Waals surface area contributed by atoms with Gasteiger partial charge in [-0.1, -0.05) is 24.3 Å². The highest BCUT2D eigenvalue weighted by molar-refractivity contribution is 5.96. The first-order valence-electron chi connectivity index (χ1n) is 6.57. The van der Waals surface area contributed by atoms with Gasteiger partial charge in [0, 0.05) is 12.1 Å². The maximum Gasteiger partial charge on any atom is 0.251 e. The van der Waals surface area contributed by atoms with Crippen LogP contribution in [0.4, 0.5) is 4.39 Å². The molecular formula is C16H15FN2O. The molecule has 0 fully saturated rings. The van der Waals surface area contributed by atoms with Gasteiger partial charge < -0.3 is 11.1 Å². The van der Waals surface area contributed by atoms with Crippen LogP contribution < -0.4 is 11.1 Å². The van der Waals surface area contributed by atoms with Gasteiger partial charge in [0.1, 0.15) is 5.82 Å². The van der Waals surface area contributed by atoms with Crippen molar-refractivity contribution in [2.45, 2.75) is 12.5 Å². The van der Waals surface area contributed by atoms with Crippen molar-refractivity contribution >= 4 is 5.91 Å². The SMILES string of the molecule is NC(c1cccc(F)c1)c1ccc2c(c1)C(=O)NCC2. The van der Waals surface area contributed by atoms with E-state index < -0.39 is 6.04 Å². The number of carbonyl (C=O) groups is 1. The molecule has 3 N–H and O–H groups in total. The van der Waals surface area contributed by atoms with E-state index in [1.165, 1.54) is 12.1 Å². The van der Waals surface area contributed by atoms with Crippen LogP contribution in [0.25, 0.3) is 0 Å². The molecule has 1 aliphatic heterocycles. The second-order valence-corrected chi connectivity index (χ2v) is 4.96. The van der Waals surface area contributed by atoms with Crippen molar-refractivity contribution in [3.63, 3.8) is 0 Å². The molecule has 0 aromatic heterocycles. The van der Waals surface area contributed by atoms with E-state index in [1.807, 2.05) is 12.1 Å². The Kier molecular flexibility index (Phi) is 3.24. The van der Waals surface area contributed by atoms with E-state index in [2.05, 4.69) is 5.32 Å². The van der Waals surface area contributed by atoms with Crippen molar-refractivity contribution in [2.75, 3.05) is 6.54 Å². The monoisotopic (exact) mass is 270 g/mol. The normalized spacial score (nSPS) is 15.4. The van der Waals surface area contributed by atoms with E-state index in [0.29, 0.717) is 17.7 Å². The lowest BCUT2D eigenvalue weighted by Gasteiger charge is -2.19. The first-order chi connectivity index (χ1) is 9.65. The standard InChI is InChI=1S/C16H15FN2O/c17-13-3-1-2-11(8-13)15(18)12-5-4-10-6-7-19-16(20)14(10)9-12/h1-5,8-9,15H,6-7,18H2,(H,19,20). The summed E-state index contributed by atoms with van der Waals surface area (Å²) in [5.74, 6) is -0.381. The molecular weight excluding hydrogens is 255 g/mol. The highest BCUT2D eigenvalue weighted by atomic mass is 19.1. The largest absolute Gasteiger partial charge is 0.352 e. The number of nitrogens with one attached hydrogen (secondary N) is 1. The van der Waals surface area contributed by atoms with Gasteiger partial charge in [0.2, 0.25) is 0 Å². The second kappa shape index (κ2) is 5.06. The molecule has 0 spiro atoms. The maximum atomic E-state index is 13.3. The van der Waals surface area contributed by atoms with Crippen LogP contribution in [0, 0.1) is 5.82 Å². The third kappa shape index (κ3) is 2.30. The van der Waals surface area contributed by atoms with E-state index in [-0.39, 0.29) is 11.7 Å². The Hall–Kier alpha value is -2.20. The maximum absolute atomic E-state index is 13.3. The zero-order valence-corrected chi connectivity index (χ0v) is 10.9. The summed E-state index contributed by atoms with van der Waals surface area (Å²) in [6.07, 6.45) is 0.830. The predicted molar refractivity (Wildman–Crippen MR) is 74.9 cm³/mol. The summed E-state index contributed by atoms with van der Waals surface area (Å²) in [6.45, 7) is 0.668. The number of carbonyl (C=O) groups excluding carboxylic acids is 1. The average Bonchev–Trinajstić information content (AvgIpc) is 2.47. The first-order valence-corrected chi connectivity index (χ1v) is 6.57. The summed E-state index contributed by atoms with van der Waals surface area (Å²) >= 11 is 0. The fourth-order valence-electron chi connectivity index (χ4n) is 2.52. The average molecular weight is 270 g/mol. The van der Waals surface area contributed by atoms with Gasteiger partial charge in [-0.05, 0) is 41.3 Å². The van der Waals surface area contributed by atoms with Gasteiger partial charge >= 0.3 is 0 Å². The third-order valence-electron chi connectivity index (χ3n) is 3.63. The van der Waals surface area contributed by atoms with Gasteiger partial charge in [-0.2, -0.15) is 0 Å². The van der Waals surface area contributed by atoms with Crippen LogP contribution >= 0.6 is 0 Å². The van der Waals surface area contributed by atoms with Crippen LogP contribution in [0.15, 0.2) is 42.5 Å². The summed E-state index contributed by atoms with van der Waals surface area (Å²) in [7, 11) is 0. The molecule has 102 valence electrons. The molecule has 3 rings (SSSR count). The molecule has 2 aromatic rings. The zero-order valence-electron chi connectivity index (χ0n) is 10.9. The van der Waals surface area contributed by atoms with Gasteiger partial charge in [-0.25, -0.2) is 4.39 Å². The van der Waals surface area contributed by atoms with E-state index in [0.717, 1.165) is 17.5 Å². The molecule has 4 heteroatoms. The minimum absolute atomic E-state index is 0.0699. The molecule has 1 unspecified atom stereocenters. The van der Waals surface area contributed by atoms with Crippen LogP contribution in [0.2, 0.25) is 0 Å². The molecule has 0 bridgehead atoms. The molecule has 1 atom stereocenters. The minimum atomic E-state index is -0.439. The second-order valence-electron chi connectivity index (χ2n) is 4.96. The van der Waals surface area contributed by atoms with Gasteiger partial charge in [-0.3, -0.25) is 4.79 Å². The summed E-state index contributed by atoms with van der Waals surface area (Å²) in [5.41, 5.74) is 9.37.